The van der Waals surface area contributed by atoms with Crippen LogP contribution in [0.15, 0.2) is 23.1 Å². The Balaban J connectivity index is 1.76. The van der Waals surface area contributed by atoms with Crippen molar-refractivity contribution in [2.45, 2.75) is 57.3 Å². The molecule has 1 fully saturated rings. The van der Waals surface area contributed by atoms with E-state index in [2.05, 4.69) is 10.0 Å². The molecule has 0 aliphatic heterocycles. The first kappa shape index (κ1) is 18.9. The molecule has 1 aliphatic rings. The van der Waals surface area contributed by atoms with Crippen LogP contribution in [0.5, 0.6) is 0 Å². The lowest BCUT2D eigenvalue weighted by molar-refractivity contribution is -0.121. The molecule has 2 N–H and O–H groups in total. The number of hydrogen-bond acceptors (Lipinski definition) is 3. The first-order chi connectivity index (χ1) is 11.4. The molecule has 1 amide bonds. The summed E-state index contributed by atoms with van der Waals surface area (Å²) < 4.78 is 27.1. The van der Waals surface area contributed by atoms with E-state index in [1.807, 2.05) is 13.0 Å². The van der Waals surface area contributed by atoms with Crippen LogP contribution in [0.4, 0.5) is 0 Å². The van der Waals surface area contributed by atoms with Gasteiger partial charge < -0.3 is 5.32 Å². The highest BCUT2D eigenvalue weighted by atomic mass is 32.2. The van der Waals surface area contributed by atoms with Crippen LogP contribution in [0.3, 0.4) is 0 Å². The zero-order valence-electron chi connectivity index (χ0n) is 14.6. The number of sulfonamides is 1. The van der Waals surface area contributed by atoms with Crippen molar-refractivity contribution in [3.8, 4) is 0 Å². The highest BCUT2D eigenvalue weighted by Gasteiger charge is 2.17. The number of benzene rings is 1. The van der Waals surface area contributed by atoms with Crippen molar-refractivity contribution < 1.29 is 13.2 Å². The summed E-state index contributed by atoms with van der Waals surface area (Å²) in [4.78, 5) is 12.1. The van der Waals surface area contributed by atoms with Crippen LogP contribution in [0.25, 0.3) is 0 Å². The quantitative estimate of drug-likeness (QED) is 0.792. The summed E-state index contributed by atoms with van der Waals surface area (Å²) >= 11 is 0. The molecule has 6 heteroatoms. The minimum absolute atomic E-state index is 0.0936. The van der Waals surface area contributed by atoms with Gasteiger partial charge in [-0.2, -0.15) is 0 Å². The van der Waals surface area contributed by atoms with Crippen LogP contribution in [-0.4, -0.2) is 27.4 Å². The zero-order valence-corrected chi connectivity index (χ0v) is 15.4. The highest BCUT2D eigenvalue weighted by molar-refractivity contribution is 7.89. The van der Waals surface area contributed by atoms with E-state index in [1.54, 1.807) is 19.1 Å². The summed E-state index contributed by atoms with van der Waals surface area (Å²) in [6.07, 6.45) is 6.31. The Morgan fingerprint density at radius 3 is 2.54 bits per heavy atom. The fraction of sp³-hybridized carbons (Fsp3) is 0.611. The summed E-state index contributed by atoms with van der Waals surface area (Å²) in [7, 11) is -3.57. The minimum atomic E-state index is -3.57. The van der Waals surface area contributed by atoms with Gasteiger partial charge in [-0.15, -0.1) is 0 Å². The number of rotatable bonds is 7. The van der Waals surface area contributed by atoms with Gasteiger partial charge in [0, 0.05) is 19.5 Å². The van der Waals surface area contributed by atoms with E-state index in [0.29, 0.717) is 18.0 Å². The van der Waals surface area contributed by atoms with Crippen molar-refractivity contribution in [2.24, 2.45) is 5.92 Å². The Bertz CT molecular complexity index is 665. The molecule has 0 bridgehead atoms. The highest BCUT2D eigenvalue weighted by Crippen LogP contribution is 2.22. The van der Waals surface area contributed by atoms with Crippen LogP contribution >= 0.6 is 0 Å². The van der Waals surface area contributed by atoms with Gasteiger partial charge in [-0.3, -0.25) is 4.79 Å². The molecule has 2 rings (SSSR count). The smallest absolute Gasteiger partial charge is 0.240 e. The fourth-order valence-corrected chi connectivity index (χ4v) is 4.47. The predicted molar refractivity (Wildman–Crippen MR) is 95.3 cm³/mol. The van der Waals surface area contributed by atoms with Gasteiger partial charge in [0.2, 0.25) is 15.9 Å². The summed E-state index contributed by atoms with van der Waals surface area (Å²) in [6, 6.07) is 5.22. The molecule has 24 heavy (non-hydrogen) atoms. The van der Waals surface area contributed by atoms with Gasteiger partial charge in [0.1, 0.15) is 0 Å². The van der Waals surface area contributed by atoms with E-state index in [4.69, 9.17) is 0 Å². The number of carbonyl (C=O) groups excluding carboxylic acids is 1. The topological polar surface area (TPSA) is 75.3 Å². The monoisotopic (exact) mass is 352 g/mol. The normalized spacial score (nSPS) is 16.1. The average molecular weight is 353 g/mol. The molecule has 5 nitrogen and oxygen atoms in total. The Morgan fingerprint density at radius 2 is 1.88 bits per heavy atom. The van der Waals surface area contributed by atoms with Crippen molar-refractivity contribution in [1.82, 2.24) is 10.0 Å². The molecule has 1 aromatic carbocycles. The van der Waals surface area contributed by atoms with Gasteiger partial charge in [0.25, 0.3) is 0 Å². The lowest BCUT2D eigenvalue weighted by atomic mass is 9.89. The van der Waals surface area contributed by atoms with Crippen LogP contribution in [-0.2, 0) is 14.8 Å². The standard InChI is InChI=1S/C18H28N2O3S/c1-14-8-9-17(15(2)12-14)24(22,23)20-11-10-18(21)19-13-16-6-4-3-5-7-16/h8-9,12,16,20H,3-7,10-11,13H2,1-2H3,(H,19,21). The lowest BCUT2D eigenvalue weighted by Crippen LogP contribution is -2.33. The maximum Gasteiger partial charge on any atom is 0.240 e. The molecule has 0 unspecified atom stereocenters. The van der Waals surface area contributed by atoms with E-state index in [9.17, 15) is 13.2 Å². The molecular weight excluding hydrogens is 324 g/mol. The van der Waals surface area contributed by atoms with Gasteiger partial charge in [-0.05, 0) is 44.2 Å². The first-order valence-electron chi connectivity index (χ1n) is 8.72. The molecule has 0 atom stereocenters. The molecule has 1 aromatic rings. The molecule has 0 aromatic heterocycles. The first-order valence-corrected chi connectivity index (χ1v) is 10.2. The van der Waals surface area contributed by atoms with Crippen molar-refractivity contribution in [3.05, 3.63) is 29.3 Å². The lowest BCUT2D eigenvalue weighted by Gasteiger charge is -2.21. The van der Waals surface area contributed by atoms with Crippen molar-refractivity contribution in [2.75, 3.05) is 13.1 Å². The molecule has 1 aliphatic carbocycles. The van der Waals surface area contributed by atoms with Crippen LogP contribution in [0.2, 0.25) is 0 Å². The third-order valence-corrected chi connectivity index (χ3v) is 6.20. The van der Waals surface area contributed by atoms with Crippen LogP contribution in [0.1, 0.15) is 49.7 Å². The maximum absolute atomic E-state index is 12.3. The van der Waals surface area contributed by atoms with Gasteiger partial charge in [-0.1, -0.05) is 37.0 Å². The Kier molecular flexibility index (Phi) is 6.80. The van der Waals surface area contributed by atoms with E-state index >= 15 is 0 Å². The van der Waals surface area contributed by atoms with E-state index in [-0.39, 0.29) is 23.8 Å². The number of nitrogens with one attached hydrogen (secondary N) is 2. The van der Waals surface area contributed by atoms with Crippen molar-refractivity contribution >= 4 is 15.9 Å². The SMILES string of the molecule is Cc1ccc(S(=O)(=O)NCCC(=O)NCC2CCCCC2)c(C)c1. The third kappa shape index (κ3) is 5.60. The molecule has 1 saturated carbocycles. The molecule has 0 radical (unpaired) electrons. The van der Waals surface area contributed by atoms with Gasteiger partial charge in [-0.25, -0.2) is 13.1 Å². The molecular formula is C18H28N2O3S. The fourth-order valence-electron chi connectivity index (χ4n) is 3.22. The van der Waals surface area contributed by atoms with Gasteiger partial charge in [0.05, 0.1) is 4.90 Å². The number of amides is 1. The Hall–Kier alpha value is -1.40. The van der Waals surface area contributed by atoms with E-state index < -0.39 is 10.0 Å². The average Bonchev–Trinajstić information content (AvgIpc) is 2.53. The second-order valence-electron chi connectivity index (χ2n) is 6.72. The van der Waals surface area contributed by atoms with Crippen molar-refractivity contribution in [1.29, 1.82) is 0 Å². The molecule has 0 spiro atoms. The van der Waals surface area contributed by atoms with E-state index in [1.165, 1.54) is 32.1 Å². The largest absolute Gasteiger partial charge is 0.356 e. The van der Waals surface area contributed by atoms with Crippen LogP contribution < -0.4 is 10.0 Å². The predicted octanol–water partition coefficient (Wildman–Crippen LogP) is 2.67. The number of aryl methyl sites for hydroxylation is 2. The molecule has 134 valence electrons. The summed E-state index contributed by atoms with van der Waals surface area (Å²) in [5, 5.41) is 2.92. The van der Waals surface area contributed by atoms with Gasteiger partial charge >= 0.3 is 0 Å². The zero-order chi connectivity index (χ0) is 17.6. The van der Waals surface area contributed by atoms with E-state index in [0.717, 1.165) is 5.56 Å². The number of hydrogen-bond donors (Lipinski definition) is 2. The maximum atomic E-state index is 12.3. The molecule has 0 heterocycles. The summed E-state index contributed by atoms with van der Waals surface area (Å²) in [5.74, 6) is 0.485. The molecule has 0 saturated heterocycles. The summed E-state index contributed by atoms with van der Waals surface area (Å²) in [6.45, 7) is 4.53. The van der Waals surface area contributed by atoms with Crippen LogP contribution in [0, 0.1) is 19.8 Å². The Morgan fingerprint density at radius 1 is 1.17 bits per heavy atom. The van der Waals surface area contributed by atoms with Crippen molar-refractivity contribution in [3.63, 3.8) is 0 Å². The second kappa shape index (κ2) is 8.62. The second-order valence-corrected chi connectivity index (χ2v) is 8.46. The Labute approximate surface area is 145 Å². The van der Waals surface area contributed by atoms with Gasteiger partial charge in [0.15, 0.2) is 0 Å². The third-order valence-electron chi connectivity index (χ3n) is 4.58. The number of carbonyl (C=O) groups is 1. The summed E-state index contributed by atoms with van der Waals surface area (Å²) in [5.41, 5.74) is 1.73. The minimum Gasteiger partial charge on any atom is -0.356 e.